The van der Waals surface area contributed by atoms with Gasteiger partial charge in [0.2, 0.25) is 0 Å². The summed E-state index contributed by atoms with van der Waals surface area (Å²) in [5, 5.41) is 3.54. The van der Waals surface area contributed by atoms with Gasteiger partial charge in [0.15, 0.2) is 0 Å². The Labute approximate surface area is 88.1 Å². The summed E-state index contributed by atoms with van der Waals surface area (Å²) < 4.78 is 0. The van der Waals surface area contributed by atoms with Gasteiger partial charge in [0.1, 0.15) is 0 Å². The van der Waals surface area contributed by atoms with E-state index >= 15 is 0 Å². The Morgan fingerprint density at radius 1 is 1.21 bits per heavy atom. The molecule has 1 N–H and O–H groups in total. The van der Waals surface area contributed by atoms with E-state index in [0.29, 0.717) is 0 Å². The fraction of sp³-hybridized carbons (Fsp3) is 1.00. The van der Waals surface area contributed by atoms with Crippen molar-refractivity contribution >= 4 is 0 Å². The number of rotatable bonds is 2. The van der Waals surface area contributed by atoms with Gasteiger partial charge in [0, 0.05) is 12.6 Å². The van der Waals surface area contributed by atoms with Crippen molar-refractivity contribution in [3.63, 3.8) is 0 Å². The van der Waals surface area contributed by atoms with Crippen LogP contribution in [-0.4, -0.2) is 37.1 Å². The van der Waals surface area contributed by atoms with Crippen molar-refractivity contribution in [2.75, 3.05) is 26.2 Å². The lowest BCUT2D eigenvalue weighted by Gasteiger charge is -2.37. The second kappa shape index (κ2) is 4.63. The average Bonchev–Trinajstić information content (AvgIpc) is 2.67. The predicted molar refractivity (Wildman–Crippen MR) is 60.4 cm³/mol. The molecule has 0 saturated carbocycles. The lowest BCUT2D eigenvalue weighted by atomic mass is 9.93. The third kappa shape index (κ3) is 2.12. The first-order chi connectivity index (χ1) is 6.81. The van der Waals surface area contributed by atoms with Crippen molar-refractivity contribution in [2.45, 2.75) is 39.2 Å². The summed E-state index contributed by atoms with van der Waals surface area (Å²) in [7, 11) is 0. The molecule has 2 saturated heterocycles. The van der Waals surface area contributed by atoms with Gasteiger partial charge in [-0.2, -0.15) is 0 Å². The average molecular weight is 196 g/mol. The molecular weight excluding hydrogens is 172 g/mol. The normalized spacial score (nSPS) is 36.4. The lowest BCUT2D eigenvalue weighted by Crippen LogP contribution is -2.45. The molecule has 0 amide bonds. The van der Waals surface area contributed by atoms with E-state index in [9.17, 15) is 0 Å². The Morgan fingerprint density at radius 2 is 1.93 bits per heavy atom. The van der Waals surface area contributed by atoms with Crippen LogP contribution in [0.3, 0.4) is 0 Å². The molecule has 0 aromatic heterocycles. The molecule has 0 radical (unpaired) electrons. The van der Waals surface area contributed by atoms with E-state index in [0.717, 1.165) is 17.9 Å². The summed E-state index contributed by atoms with van der Waals surface area (Å²) in [5.74, 6) is 1.86. The Bertz CT molecular complexity index is 173. The van der Waals surface area contributed by atoms with Gasteiger partial charge in [0.25, 0.3) is 0 Å². The molecule has 2 heteroatoms. The molecule has 82 valence electrons. The molecule has 2 aliphatic heterocycles. The van der Waals surface area contributed by atoms with Crippen molar-refractivity contribution in [3.8, 4) is 0 Å². The maximum Gasteiger partial charge on any atom is 0.0260 e. The van der Waals surface area contributed by atoms with Crippen LogP contribution >= 0.6 is 0 Å². The van der Waals surface area contributed by atoms with Gasteiger partial charge in [-0.3, -0.25) is 4.90 Å². The summed E-state index contributed by atoms with van der Waals surface area (Å²) in [5.41, 5.74) is 0. The minimum atomic E-state index is 0.840. The Hall–Kier alpha value is -0.0800. The first-order valence-corrected chi connectivity index (χ1v) is 6.26. The van der Waals surface area contributed by atoms with Gasteiger partial charge in [-0.15, -0.1) is 0 Å². The Kier molecular flexibility index (Phi) is 3.45. The van der Waals surface area contributed by atoms with Crippen LogP contribution in [-0.2, 0) is 0 Å². The van der Waals surface area contributed by atoms with Gasteiger partial charge >= 0.3 is 0 Å². The largest absolute Gasteiger partial charge is 0.315 e. The van der Waals surface area contributed by atoms with Crippen LogP contribution in [0.5, 0.6) is 0 Å². The highest BCUT2D eigenvalue weighted by Crippen LogP contribution is 2.24. The Balaban J connectivity index is 1.88. The van der Waals surface area contributed by atoms with Crippen LogP contribution in [0.25, 0.3) is 0 Å². The van der Waals surface area contributed by atoms with Gasteiger partial charge in [0.05, 0.1) is 0 Å². The van der Waals surface area contributed by atoms with Crippen LogP contribution in [0.4, 0.5) is 0 Å². The van der Waals surface area contributed by atoms with E-state index in [4.69, 9.17) is 0 Å². The number of hydrogen-bond acceptors (Lipinski definition) is 2. The highest BCUT2D eigenvalue weighted by atomic mass is 15.2. The zero-order valence-electron chi connectivity index (χ0n) is 9.63. The van der Waals surface area contributed by atoms with Crippen molar-refractivity contribution in [1.29, 1.82) is 0 Å². The van der Waals surface area contributed by atoms with Crippen LogP contribution < -0.4 is 5.32 Å². The topological polar surface area (TPSA) is 15.3 Å². The molecule has 2 nitrogen and oxygen atoms in total. The fourth-order valence-corrected chi connectivity index (χ4v) is 2.92. The van der Waals surface area contributed by atoms with Gasteiger partial charge in [-0.1, -0.05) is 20.3 Å². The first-order valence-electron chi connectivity index (χ1n) is 6.26. The highest BCUT2D eigenvalue weighted by molar-refractivity contribution is 4.89. The first kappa shape index (κ1) is 10.4. The summed E-state index contributed by atoms with van der Waals surface area (Å²) in [6.07, 6.45) is 4.16. The molecule has 0 aliphatic carbocycles. The summed E-state index contributed by atoms with van der Waals surface area (Å²) in [4.78, 5) is 2.73. The maximum absolute atomic E-state index is 3.54. The van der Waals surface area contributed by atoms with E-state index in [1.165, 1.54) is 45.4 Å². The van der Waals surface area contributed by atoms with Crippen LogP contribution in [0.15, 0.2) is 0 Å². The van der Waals surface area contributed by atoms with E-state index in [2.05, 4.69) is 24.1 Å². The minimum Gasteiger partial charge on any atom is -0.315 e. The molecule has 2 rings (SSSR count). The zero-order valence-corrected chi connectivity index (χ0v) is 9.63. The monoisotopic (exact) mass is 196 g/mol. The van der Waals surface area contributed by atoms with E-state index in [1.807, 2.05) is 0 Å². The second-order valence-electron chi connectivity index (χ2n) is 5.11. The molecule has 2 aliphatic rings. The third-order valence-electron chi connectivity index (χ3n) is 4.12. The van der Waals surface area contributed by atoms with E-state index in [-0.39, 0.29) is 0 Å². The maximum atomic E-state index is 3.54. The lowest BCUT2D eigenvalue weighted by molar-refractivity contribution is 0.120. The molecule has 0 spiro atoms. The Morgan fingerprint density at radius 3 is 2.57 bits per heavy atom. The molecule has 2 heterocycles. The number of nitrogens with zero attached hydrogens (tertiary/aromatic N) is 1. The molecule has 0 aromatic rings. The predicted octanol–water partition coefficient (Wildman–Crippen LogP) is 1.72. The zero-order chi connectivity index (χ0) is 9.97. The summed E-state index contributed by atoms with van der Waals surface area (Å²) in [6, 6.07) is 0.840. The quantitative estimate of drug-likeness (QED) is 0.723. The molecular formula is C12H24N2. The second-order valence-corrected chi connectivity index (χ2v) is 5.11. The summed E-state index contributed by atoms with van der Waals surface area (Å²) >= 11 is 0. The van der Waals surface area contributed by atoms with E-state index < -0.39 is 0 Å². The third-order valence-corrected chi connectivity index (χ3v) is 4.12. The van der Waals surface area contributed by atoms with Gasteiger partial charge < -0.3 is 5.32 Å². The fourth-order valence-electron chi connectivity index (χ4n) is 2.92. The van der Waals surface area contributed by atoms with Crippen LogP contribution in [0, 0.1) is 11.8 Å². The number of hydrogen-bond donors (Lipinski definition) is 1. The molecule has 0 aromatic carbocycles. The SMILES string of the molecule is CCC1CNCC1N1CCC(C)CC1. The molecule has 2 atom stereocenters. The standard InChI is InChI=1S/C12H24N2/c1-3-11-8-13-9-12(11)14-6-4-10(2)5-7-14/h10-13H,3-9H2,1-2H3. The van der Waals surface area contributed by atoms with E-state index in [1.54, 1.807) is 0 Å². The van der Waals surface area contributed by atoms with Crippen molar-refractivity contribution < 1.29 is 0 Å². The van der Waals surface area contributed by atoms with Crippen molar-refractivity contribution in [2.24, 2.45) is 11.8 Å². The summed E-state index contributed by atoms with van der Waals surface area (Å²) in [6.45, 7) is 9.87. The van der Waals surface area contributed by atoms with Crippen molar-refractivity contribution in [3.05, 3.63) is 0 Å². The van der Waals surface area contributed by atoms with Crippen molar-refractivity contribution in [1.82, 2.24) is 10.2 Å². The molecule has 0 bridgehead atoms. The van der Waals surface area contributed by atoms with Gasteiger partial charge in [-0.25, -0.2) is 0 Å². The number of likely N-dealkylation sites (tertiary alicyclic amines) is 1. The molecule has 2 unspecified atom stereocenters. The number of piperidine rings is 1. The molecule has 14 heavy (non-hydrogen) atoms. The van der Waals surface area contributed by atoms with Crippen LogP contribution in [0.1, 0.15) is 33.1 Å². The smallest absolute Gasteiger partial charge is 0.0260 e. The highest BCUT2D eigenvalue weighted by Gasteiger charge is 2.32. The number of nitrogens with one attached hydrogen (secondary N) is 1. The minimum absolute atomic E-state index is 0.840. The van der Waals surface area contributed by atoms with Gasteiger partial charge in [-0.05, 0) is 44.3 Å². The van der Waals surface area contributed by atoms with Crippen LogP contribution in [0.2, 0.25) is 0 Å². The molecule has 2 fully saturated rings.